The van der Waals surface area contributed by atoms with Crippen LogP contribution < -0.4 is 10.2 Å². The zero-order chi connectivity index (χ0) is 15.1. The molecular weight excluding hydrogens is 352 g/mol. The molecular formula is C14H19BrN4OS. The van der Waals surface area contributed by atoms with Crippen LogP contribution in [-0.4, -0.2) is 37.3 Å². The largest absolute Gasteiger partial charge is 0.383 e. The zero-order valence-electron chi connectivity index (χ0n) is 12.2. The Balaban J connectivity index is 1.86. The van der Waals surface area contributed by atoms with E-state index in [9.17, 15) is 0 Å². The Morgan fingerprint density at radius 3 is 2.76 bits per heavy atom. The van der Waals surface area contributed by atoms with Crippen molar-refractivity contribution in [3.05, 3.63) is 38.8 Å². The van der Waals surface area contributed by atoms with Gasteiger partial charge in [0.15, 0.2) is 0 Å². The SMILES string of the molecule is COCCNCc1cnc(N(C)Cc2cc(Br)cs2)nc1. The Bertz CT molecular complexity index is 546. The number of anilines is 1. The van der Waals surface area contributed by atoms with E-state index in [0.29, 0.717) is 6.61 Å². The summed E-state index contributed by atoms with van der Waals surface area (Å²) in [6.07, 6.45) is 3.73. The van der Waals surface area contributed by atoms with Crippen molar-refractivity contribution < 1.29 is 4.74 Å². The number of aromatic nitrogens is 2. The Morgan fingerprint density at radius 1 is 1.38 bits per heavy atom. The third-order valence-electron chi connectivity index (χ3n) is 2.86. The minimum atomic E-state index is 0.706. The lowest BCUT2D eigenvalue weighted by atomic mass is 10.3. The van der Waals surface area contributed by atoms with Crippen molar-refractivity contribution in [2.75, 3.05) is 32.2 Å². The Labute approximate surface area is 137 Å². The summed E-state index contributed by atoms with van der Waals surface area (Å²) in [5, 5.41) is 5.35. The van der Waals surface area contributed by atoms with Crippen molar-refractivity contribution in [3.8, 4) is 0 Å². The maximum absolute atomic E-state index is 4.99. The lowest BCUT2D eigenvalue weighted by Crippen LogP contribution is -2.20. The molecule has 1 N–H and O–H groups in total. The fourth-order valence-electron chi connectivity index (χ4n) is 1.78. The smallest absolute Gasteiger partial charge is 0.225 e. The molecule has 114 valence electrons. The topological polar surface area (TPSA) is 50.3 Å². The predicted molar refractivity (Wildman–Crippen MR) is 89.7 cm³/mol. The molecule has 7 heteroatoms. The van der Waals surface area contributed by atoms with Crippen molar-refractivity contribution in [2.45, 2.75) is 13.1 Å². The van der Waals surface area contributed by atoms with Gasteiger partial charge in [0.05, 0.1) is 13.2 Å². The van der Waals surface area contributed by atoms with Gasteiger partial charge in [0.25, 0.3) is 0 Å². The first kappa shape index (κ1) is 16.4. The van der Waals surface area contributed by atoms with Crippen LogP contribution in [0.1, 0.15) is 10.4 Å². The van der Waals surface area contributed by atoms with Crippen molar-refractivity contribution >= 4 is 33.2 Å². The van der Waals surface area contributed by atoms with Gasteiger partial charge < -0.3 is 15.0 Å². The molecule has 5 nitrogen and oxygen atoms in total. The summed E-state index contributed by atoms with van der Waals surface area (Å²) in [6.45, 7) is 3.09. The number of rotatable bonds is 8. The van der Waals surface area contributed by atoms with E-state index in [-0.39, 0.29) is 0 Å². The van der Waals surface area contributed by atoms with Gasteiger partial charge in [-0.25, -0.2) is 9.97 Å². The van der Waals surface area contributed by atoms with Gasteiger partial charge in [0.1, 0.15) is 0 Å². The number of thiophene rings is 1. The summed E-state index contributed by atoms with van der Waals surface area (Å²) < 4.78 is 6.11. The molecule has 0 bridgehead atoms. The van der Waals surface area contributed by atoms with Crippen LogP contribution in [-0.2, 0) is 17.8 Å². The van der Waals surface area contributed by atoms with Crippen LogP contribution in [0.2, 0.25) is 0 Å². The average Bonchev–Trinajstić information content (AvgIpc) is 2.89. The van der Waals surface area contributed by atoms with Gasteiger partial charge in [-0.2, -0.15) is 0 Å². The summed E-state index contributed by atoms with van der Waals surface area (Å²) in [5.74, 6) is 0.736. The lowest BCUT2D eigenvalue weighted by molar-refractivity contribution is 0.199. The highest BCUT2D eigenvalue weighted by atomic mass is 79.9. The molecule has 0 aliphatic rings. The van der Waals surface area contributed by atoms with Crippen LogP contribution in [0.4, 0.5) is 5.95 Å². The van der Waals surface area contributed by atoms with Crippen molar-refractivity contribution in [2.24, 2.45) is 0 Å². The number of nitrogens with one attached hydrogen (secondary N) is 1. The number of nitrogens with zero attached hydrogens (tertiary/aromatic N) is 3. The second-order valence-corrected chi connectivity index (χ2v) is 6.56. The summed E-state index contributed by atoms with van der Waals surface area (Å²) in [5.41, 5.74) is 1.07. The molecule has 0 unspecified atom stereocenters. The molecule has 2 heterocycles. The first-order chi connectivity index (χ1) is 10.2. The first-order valence-electron chi connectivity index (χ1n) is 6.63. The Morgan fingerprint density at radius 2 is 2.14 bits per heavy atom. The van der Waals surface area contributed by atoms with Crippen LogP contribution >= 0.6 is 27.3 Å². The molecule has 0 aliphatic carbocycles. The third-order valence-corrected chi connectivity index (χ3v) is 4.54. The van der Waals surface area contributed by atoms with E-state index >= 15 is 0 Å². The van der Waals surface area contributed by atoms with E-state index in [0.717, 1.165) is 35.6 Å². The van der Waals surface area contributed by atoms with Gasteiger partial charge in [0, 0.05) is 59.9 Å². The van der Waals surface area contributed by atoms with Gasteiger partial charge in [0.2, 0.25) is 5.95 Å². The Kier molecular flexibility index (Phi) is 6.56. The molecule has 2 rings (SSSR count). The van der Waals surface area contributed by atoms with Gasteiger partial charge in [-0.3, -0.25) is 0 Å². The summed E-state index contributed by atoms with van der Waals surface area (Å²) in [7, 11) is 3.70. The number of methoxy groups -OCH3 is 1. The summed E-state index contributed by atoms with van der Waals surface area (Å²) >= 11 is 5.19. The van der Waals surface area contributed by atoms with Gasteiger partial charge >= 0.3 is 0 Å². The second kappa shape index (κ2) is 8.43. The highest BCUT2D eigenvalue weighted by molar-refractivity contribution is 9.10. The maximum Gasteiger partial charge on any atom is 0.225 e. The van der Waals surface area contributed by atoms with E-state index in [4.69, 9.17) is 4.74 Å². The summed E-state index contributed by atoms with van der Waals surface area (Å²) in [6, 6.07) is 2.12. The molecule has 0 atom stereocenters. The standard InChI is InChI=1S/C14H19BrN4OS/c1-19(9-13-5-12(15)10-21-13)14-17-7-11(8-18-14)6-16-3-4-20-2/h5,7-8,10,16H,3-4,6,9H2,1-2H3. The molecule has 21 heavy (non-hydrogen) atoms. The molecule has 0 fully saturated rings. The summed E-state index contributed by atoms with van der Waals surface area (Å²) in [4.78, 5) is 12.2. The van der Waals surface area contributed by atoms with Crippen LogP contribution in [0.3, 0.4) is 0 Å². The van der Waals surface area contributed by atoms with Crippen LogP contribution in [0, 0.1) is 0 Å². The number of ether oxygens (including phenoxy) is 1. The monoisotopic (exact) mass is 370 g/mol. The maximum atomic E-state index is 4.99. The van der Waals surface area contributed by atoms with E-state index in [1.54, 1.807) is 18.4 Å². The Hall–Kier alpha value is -1.02. The van der Waals surface area contributed by atoms with E-state index in [2.05, 4.69) is 42.7 Å². The normalized spacial score (nSPS) is 10.8. The van der Waals surface area contributed by atoms with Crippen LogP contribution in [0.25, 0.3) is 0 Å². The molecule has 0 saturated heterocycles. The van der Waals surface area contributed by atoms with Gasteiger partial charge in [-0.15, -0.1) is 11.3 Å². The van der Waals surface area contributed by atoms with E-state index in [1.807, 2.05) is 24.3 Å². The fraction of sp³-hybridized carbons (Fsp3) is 0.429. The highest BCUT2D eigenvalue weighted by Crippen LogP contribution is 2.21. The number of halogens is 1. The molecule has 0 aromatic carbocycles. The molecule has 0 aliphatic heterocycles. The van der Waals surface area contributed by atoms with E-state index < -0.39 is 0 Å². The highest BCUT2D eigenvalue weighted by Gasteiger charge is 2.07. The van der Waals surface area contributed by atoms with Gasteiger partial charge in [-0.05, 0) is 22.0 Å². The van der Waals surface area contributed by atoms with Gasteiger partial charge in [-0.1, -0.05) is 0 Å². The first-order valence-corrected chi connectivity index (χ1v) is 8.31. The van der Waals surface area contributed by atoms with Crippen molar-refractivity contribution in [3.63, 3.8) is 0 Å². The molecule has 2 aromatic heterocycles. The molecule has 0 spiro atoms. The minimum Gasteiger partial charge on any atom is -0.383 e. The lowest BCUT2D eigenvalue weighted by Gasteiger charge is -2.16. The van der Waals surface area contributed by atoms with Crippen molar-refractivity contribution in [1.82, 2.24) is 15.3 Å². The minimum absolute atomic E-state index is 0.706. The fourth-order valence-corrected chi connectivity index (χ4v) is 3.29. The predicted octanol–water partition coefficient (Wildman–Crippen LogP) is 2.67. The van der Waals surface area contributed by atoms with Crippen LogP contribution in [0.15, 0.2) is 28.3 Å². The second-order valence-electron chi connectivity index (χ2n) is 4.65. The van der Waals surface area contributed by atoms with E-state index in [1.165, 1.54) is 4.88 Å². The molecule has 0 saturated carbocycles. The molecule has 0 amide bonds. The number of hydrogen-bond acceptors (Lipinski definition) is 6. The zero-order valence-corrected chi connectivity index (χ0v) is 14.6. The van der Waals surface area contributed by atoms with Crippen molar-refractivity contribution in [1.29, 1.82) is 0 Å². The van der Waals surface area contributed by atoms with Crippen LogP contribution in [0.5, 0.6) is 0 Å². The molecule has 2 aromatic rings. The quantitative estimate of drug-likeness (QED) is 0.723. The molecule has 0 radical (unpaired) electrons. The third kappa shape index (κ3) is 5.35. The number of hydrogen-bond donors (Lipinski definition) is 1. The average molecular weight is 371 g/mol.